The quantitative estimate of drug-likeness (QED) is 0.329. The van der Waals surface area contributed by atoms with Gasteiger partial charge in [0.25, 0.3) is 5.56 Å². The van der Waals surface area contributed by atoms with Gasteiger partial charge < -0.3 is 24.7 Å². The van der Waals surface area contributed by atoms with E-state index in [0.29, 0.717) is 48.7 Å². The van der Waals surface area contributed by atoms with Gasteiger partial charge in [-0.1, -0.05) is 17.7 Å². The van der Waals surface area contributed by atoms with Gasteiger partial charge in [0.1, 0.15) is 5.56 Å². The number of aromatic hydroxyl groups is 1. The number of nitrogens with zero attached hydrogens (tertiary/aromatic N) is 3. The molecule has 5 rings (SSSR count). The maximum absolute atomic E-state index is 12.6. The van der Waals surface area contributed by atoms with Gasteiger partial charge in [-0.05, 0) is 37.6 Å². The number of hydrogen-bond donors (Lipinski definition) is 4. The SMILES string of the molecule is Cc1ccc(-n2c(O)c(C=Nc3cc4[nH]c(=O)[nH]c4cc3N3CCOCC3)c(=O)[nH]c2=O)c(C)c1. The smallest absolute Gasteiger partial charge is 0.335 e. The third kappa shape index (κ3) is 4.17. The number of H-pyrrole nitrogens is 3. The molecule has 2 aromatic carbocycles. The van der Waals surface area contributed by atoms with Gasteiger partial charge in [-0.15, -0.1) is 0 Å². The van der Waals surface area contributed by atoms with E-state index in [0.717, 1.165) is 21.4 Å². The molecule has 35 heavy (non-hydrogen) atoms. The van der Waals surface area contributed by atoms with Gasteiger partial charge in [-0.25, -0.2) is 14.2 Å². The van der Waals surface area contributed by atoms with Crippen LogP contribution in [0.4, 0.5) is 11.4 Å². The van der Waals surface area contributed by atoms with Gasteiger partial charge in [-0.2, -0.15) is 0 Å². The molecular formula is C24H24N6O5. The molecule has 1 fully saturated rings. The molecule has 1 aliphatic rings. The molecule has 1 aliphatic heterocycles. The van der Waals surface area contributed by atoms with Crippen LogP contribution in [-0.4, -0.2) is 57.1 Å². The molecule has 4 N–H and O–H groups in total. The molecular weight excluding hydrogens is 452 g/mol. The van der Waals surface area contributed by atoms with E-state index in [-0.39, 0.29) is 11.3 Å². The zero-order valence-corrected chi connectivity index (χ0v) is 19.2. The predicted molar refractivity (Wildman–Crippen MR) is 133 cm³/mol. The van der Waals surface area contributed by atoms with Crippen LogP contribution in [0.5, 0.6) is 5.88 Å². The number of morpholine rings is 1. The molecule has 0 radical (unpaired) electrons. The van der Waals surface area contributed by atoms with Gasteiger partial charge in [0.15, 0.2) is 0 Å². The zero-order valence-electron chi connectivity index (χ0n) is 19.2. The average molecular weight is 476 g/mol. The van der Waals surface area contributed by atoms with E-state index in [1.54, 1.807) is 12.1 Å². The number of aliphatic imine (C=N–C) groups is 1. The van der Waals surface area contributed by atoms with E-state index < -0.39 is 17.1 Å². The summed E-state index contributed by atoms with van der Waals surface area (Å²) in [7, 11) is 0. The van der Waals surface area contributed by atoms with Crippen molar-refractivity contribution in [2.75, 3.05) is 31.2 Å². The number of anilines is 1. The summed E-state index contributed by atoms with van der Waals surface area (Å²) in [5.74, 6) is -0.515. The summed E-state index contributed by atoms with van der Waals surface area (Å²) in [6.45, 7) is 6.09. The number of aryl methyl sites for hydroxylation is 2. The van der Waals surface area contributed by atoms with E-state index in [4.69, 9.17) is 4.74 Å². The number of hydrogen-bond acceptors (Lipinski definition) is 7. The molecule has 0 aliphatic carbocycles. The summed E-state index contributed by atoms with van der Waals surface area (Å²) in [6, 6.07) is 8.90. The minimum Gasteiger partial charge on any atom is -0.493 e. The van der Waals surface area contributed by atoms with Crippen LogP contribution in [0.2, 0.25) is 0 Å². The van der Waals surface area contributed by atoms with Crippen LogP contribution in [-0.2, 0) is 4.74 Å². The molecule has 0 saturated carbocycles. The second-order valence-corrected chi connectivity index (χ2v) is 8.45. The number of aromatic amines is 3. The minimum atomic E-state index is -0.763. The Labute approximate surface area is 198 Å². The van der Waals surface area contributed by atoms with Crippen molar-refractivity contribution in [3.63, 3.8) is 0 Å². The first-order valence-corrected chi connectivity index (χ1v) is 11.1. The Morgan fingerprint density at radius 2 is 1.69 bits per heavy atom. The summed E-state index contributed by atoms with van der Waals surface area (Å²) in [5.41, 5.74) is 2.58. The Bertz CT molecular complexity index is 1640. The van der Waals surface area contributed by atoms with E-state index in [1.165, 1.54) is 6.21 Å². The monoisotopic (exact) mass is 476 g/mol. The first-order valence-electron chi connectivity index (χ1n) is 11.1. The molecule has 4 aromatic rings. The molecule has 0 unspecified atom stereocenters. The largest absolute Gasteiger partial charge is 0.493 e. The molecule has 180 valence electrons. The number of imidazole rings is 1. The fourth-order valence-electron chi connectivity index (χ4n) is 4.29. The minimum absolute atomic E-state index is 0.167. The maximum atomic E-state index is 12.6. The van der Waals surface area contributed by atoms with E-state index in [1.807, 2.05) is 32.0 Å². The Morgan fingerprint density at radius 3 is 2.40 bits per heavy atom. The van der Waals surface area contributed by atoms with Gasteiger partial charge in [0, 0.05) is 19.3 Å². The number of nitrogens with one attached hydrogen (secondary N) is 3. The van der Waals surface area contributed by atoms with Crippen molar-refractivity contribution in [1.82, 2.24) is 19.5 Å². The molecule has 0 atom stereocenters. The normalized spacial score (nSPS) is 14.3. The highest BCUT2D eigenvalue weighted by Gasteiger charge is 2.19. The van der Waals surface area contributed by atoms with Gasteiger partial charge in [0.05, 0.1) is 41.3 Å². The molecule has 0 amide bonds. The van der Waals surface area contributed by atoms with Crippen molar-refractivity contribution in [1.29, 1.82) is 0 Å². The molecule has 0 spiro atoms. The van der Waals surface area contributed by atoms with Crippen LogP contribution in [0.1, 0.15) is 16.7 Å². The Hall–Kier alpha value is -4.38. The van der Waals surface area contributed by atoms with Gasteiger partial charge in [0.2, 0.25) is 5.88 Å². The number of fused-ring (bicyclic) bond motifs is 1. The highest BCUT2D eigenvalue weighted by Crippen LogP contribution is 2.33. The van der Waals surface area contributed by atoms with Crippen LogP contribution < -0.4 is 21.8 Å². The van der Waals surface area contributed by atoms with Crippen LogP contribution in [0, 0.1) is 13.8 Å². The highest BCUT2D eigenvalue weighted by molar-refractivity contribution is 5.91. The average Bonchev–Trinajstić information content (AvgIpc) is 3.19. The van der Waals surface area contributed by atoms with Crippen LogP contribution in [0.15, 0.2) is 49.7 Å². The number of aromatic nitrogens is 4. The molecule has 11 nitrogen and oxygen atoms in total. The second kappa shape index (κ2) is 8.76. The van der Waals surface area contributed by atoms with Gasteiger partial charge in [-0.3, -0.25) is 14.8 Å². The Morgan fingerprint density at radius 1 is 0.971 bits per heavy atom. The van der Waals surface area contributed by atoms with Crippen LogP contribution in [0.3, 0.4) is 0 Å². The van der Waals surface area contributed by atoms with Crippen molar-refractivity contribution < 1.29 is 9.84 Å². The Balaban J connectivity index is 1.64. The number of benzene rings is 2. The predicted octanol–water partition coefficient (Wildman–Crippen LogP) is 1.61. The van der Waals surface area contributed by atoms with Crippen LogP contribution >= 0.6 is 0 Å². The fraction of sp³-hybridized carbons (Fsp3) is 0.250. The maximum Gasteiger partial charge on any atom is 0.335 e. The number of rotatable bonds is 4. The standard InChI is InChI=1S/C24H24N6O5/c1-13-3-4-19(14(2)9-13)30-22(32)15(21(31)28-24(30)34)12-25-18-10-16-17(27-23(33)26-16)11-20(18)29-5-7-35-8-6-29/h3-4,9-12,32H,5-8H2,1-2H3,(H2,26,27,33)(H,28,31,34). The molecule has 1 saturated heterocycles. The summed E-state index contributed by atoms with van der Waals surface area (Å²) in [4.78, 5) is 51.3. The van der Waals surface area contributed by atoms with Crippen molar-refractivity contribution >= 4 is 28.6 Å². The summed E-state index contributed by atoms with van der Waals surface area (Å²) < 4.78 is 6.49. The van der Waals surface area contributed by atoms with E-state index in [2.05, 4.69) is 24.8 Å². The fourth-order valence-corrected chi connectivity index (χ4v) is 4.29. The lowest BCUT2D eigenvalue weighted by Crippen LogP contribution is -2.36. The van der Waals surface area contributed by atoms with Crippen molar-refractivity contribution in [2.24, 2.45) is 4.99 Å². The van der Waals surface area contributed by atoms with Crippen molar-refractivity contribution in [3.05, 3.63) is 78.3 Å². The van der Waals surface area contributed by atoms with Gasteiger partial charge >= 0.3 is 11.4 Å². The Kier molecular flexibility index (Phi) is 5.61. The van der Waals surface area contributed by atoms with Crippen LogP contribution in [0.25, 0.3) is 16.7 Å². The zero-order chi connectivity index (χ0) is 24.7. The summed E-state index contributed by atoms with van der Waals surface area (Å²) >= 11 is 0. The third-order valence-electron chi connectivity index (χ3n) is 6.01. The lowest BCUT2D eigenvalue weighted by atomic mass is 10.1. The lowest BCUT2D eigenvalue weighted by molar-refractivity contribution is 0.123. The molecule has 2 aromatic heterocycles. The molecule has 3 heterocycles. The van der Waals surface area contributed by atoms with Crippen molar-refractivity contribution in [2.45, 2.75) is 13.8 Å². The molecule has 0 bridgehead atoms. The number of ether oxygens (including phenoxy) is 1. The van der Waals surface area contributed by atoms with Crippen molar-refractivity contribution in [3.8, 4) is 11.6 Å². The second-order valence-electron chi connectivity index (χ2n) is 8.45. The lowest BCUT2D eigenvalue weighted by Gasteiger charge is -2.29. The van der Waals surface area contributed by atoms with E-state index >= 15 is 0 Å². The summed E-state index contributed by atoms with van der Waals surface area (Å²) in [6.07, 6.45) is 1.23. The van der Waals surface area contributed by atoms with E-state index in [9.17, 15) is 19.5 Å². The third-order valence-corrected chi connectivity index (χ3v) is 6.01. The first-order chi connectivity index (χ1) is 16.8. The first kappa shape index (κ1) is 22.4. The topological polar surface area (TPSA) is 149 Å². The molecule has 11 heteroatoms. The summed E-state index contributed by atoms with van der Waals surface area (Å²) in [5, 5.41) is 10.9. The highest BCUT2D eigenvalue weighted by atomic mass is 16.5.